The smallest absolute Gasteiger partial charge is 0.354 e. The van der Waals surface area contributed by atoms with E-state index >= 15 is 0 Å². The number of hydrogen-bond acceptors (Lipinski definition) is 8. The lowest BCUT2D eigenvalue weighted by molar-refractivity contribution is 0.241. The van der Waals surface area contributed by atoms with Gasteiger partial charge in [-0.2, -0.15) is 0 Å². The Hall–Kier alpha value is -1.49. The summed E-state index contributed by atoms with van der Waals surface area (Å²) in [6.45, 7) is 36.7. The molecule has 3 atom stereocenters. The molecule has 73 heavy (non-hydrogen) atoms. The zero-order chi connectivity index (χ0) is 53.9. The lowest BCUT2D eigenvalue weighted by Gasteiger charge is -2.51. The van der Waals surface area contributed by atoms with Crippen molar-refractivity contribution >= 4 is 97.3 Å². The van der Waals surface area contributed by atoms with Crippen molar-refractivity contribution in [2.45, 2.75) is 207 Å². The molecule has 8 nitrogen and oxygen atoms in total. The van der Waals surface area contributed by atoms with Crippen molar-refractivity contribution in [1.29, 1.82) is 0 Å². The van der Waals surface area contributed by atoms with Crippen LogP contribution in [0.2, 0.25) is 96.7 Å². The van der Waals surface area contributed by atoms with Crippen LogP contribution in [0.3, 0.4) is 0 Å². The van der Waals surface area contributed by atoms with Gasteiger partial charge in [0.2, 0.25) is 8.32 Å². The van der Waals surface area contributed by atoms with Gasteiger partial charge in [-0.1, -0.05) is 232 Å². The molecule has 3 unspecified atom stereocenters. The van der Waals surface area contributed by atoms with Crippen molar-refractivity contribution in [3.63, 3.8) is 0 Å². The van der Waals surface area contributed by atoms with E-state index in [9.17, 15) is 0 Å². The highest BCUT2D eigenvalue weighted by molar-refractivity contribution is 7.01. The summed E-state index contributed by atoms with van der Waals surface area (Å²) in [5.74, 6) is 0. The quantitative estimate of drug-likeness (QED) is 0.0417. The zero-order valence-corrected chi connectivity index (χ0v) is 57.6. The maximum Gasteiger partial charge on any atom is 0.354 e. The Kier molecular flexibility index (Phi) is 25.4. The molecule has 0 aliphatic carbocycles. The Labute approximate surface area is 456 Å². The lowest BCUT2D eigenvalue weighted by atomic mass is 10.4. The summed E-state index contributed by atoms with van der Waals surface area (Å²) in [4.78, 5) is 0. The number of benzene rings is 4. The first-order valence-corrected chi connectivity index (χ1v) is 48.7. The predicted octanol–water partition coefficient (Wildman–Crippen LogP) is 15.1. The topological polar surface area (TPSA) is 73.8 Å². The van der Waals surface area contributed by atoms with Gasteiger partial charge in [-0.3, -0.25) is 0 Å². The van der Waals surface area contributed by atoms with E-state index in [0.717, 1.165) is 102 Å². The highest BCUT2D eigenvalue weighted by Crippen LogP contribution is 2.41. The molecule has 0 saturated carbocycles. The molecule has 0 saturated heterocycles. The molecule has 0 bridgehead atoms. The van der Waals surface area contributed by atoms with Crippen molar-refractivity contribution in [1.82, 2.24) is 0 Å². The fourth-order valence-electron chi connectivity index (χ4n) is 10.9. The van der Waals surface area contributed by atoms with Crippen molar-refractivity contribution < 1.29 is 32.9 Å². The molecule has 0 aliphatic rings. The van der Waals surface area contributed by atoms with E-state index in [1.807, 2.05) is 0 Å². The standard InChI is InChI=1S/C56H100O8Si9/c1-17-65(18-2,19-3)57-71(30-14,54-47-39-34-40-48-54)63-70(28-12,29-13)64-73(32-16,56-51-43-36-44-52-56)62-69(26-10,27-11)60-67(22-6,23-7)59-68(24-8,25-9)61-72(31-15,55-49-41-35-42-50-55)58-66(20-4,21-5)53-45-37-33-38-46-53/h33-52H,17-32H2,1-16H3. The second kappa shape index (κ2) is 28.9. The Balaban J connectivity index is 1.91. The summed E-state index contributed by atoms with van der Waals surface area (Å²) < 4.78 is 64.5. The minimum absolute atomic E-state index is 0.720. The summed E-state index contributed by atoms with van der Waals surface area (Å²) in [5, 5.41) is 4.86. The van der Waals surface area contributed by atoms with E-state index in [-0.39, 0.29) is 0 Å². The average Bonchev–Trinajstić information content (AvgIpc) is 3.47. The van der Waals surface area contributed by atoms with Gasteiger partial charge >= 0.3 is 59.9 Å². The third-order valence-corrected chi connectivity index (χ3v) is 62.3. The van der Waals surface area contributed by atoms with Gasteiger partial charge in [-0.05, 0) is 117 Å². The van der Waals surface area contributed by atoms with Crippen LogP contribution >= 0.6 is 0 Å². The van der Waals surface area contributed by atoms with Crippen LogP contribution in [0.4, 0.5) is 0 Å². The molecular formula is C56H100O8Si9. The summed E-state index contributed by atoms with van der Waals surface area (Å²) in [6.07, 6.45) is 0. The van der Waals surface area contributed by atoms with Gasteiger partial charge in [0.25, 0.3) is 0 Å². The van der Waals surface area contributed by atoms with Crippen molar-refractivity contribution in [2.75, 3.05) is 0 Å². The van der Waals surface area contributed by atoms with E-state index in [1.54, 1.807) is 0 Å². The normalized spacial score (nSPS) is 15.7. The van der Waals surface area contributed by atoms with Crippen LogP contribution in [0.15, 0.2) is 121 Å². The third kappa shape index (κ3) is 14.6. The van der Waals surface area contributed by atoms with Crippen LogP contribution in [-0.4, -0.2) is 76.6 Å². The molecule has 0 amide bonds. The fraction of sp³-hybridized carbons (Fsp3) is 0.571. The van der Waals surface area contributed by atoms with Crippen molar-refractivity contribution in [3.05, 3.63) is 121 Å². The van der Waals surface area contributed by atoms with Crippen LogP contribution in [-0.2, 0) is 32.9 Å². The minimum atomic E-state index is -3.36. The molecule has 4 rings (SSSR count). The molecule has 0 radical (unpaired) electrons. The fourth-order valence-corrected chi connectivity index (χ4v) is 62.9. The molecular weight excluding hydrogens is 1050 g/mol. The Morgan fingerprint density at radius 3 is 0.699 bits per heavy atom. The lowest BCUT2D eigenvalue weighted by Crippen LogP contribution is -2.72. The van der Waals surface area contributed by atoms with Gasteiger partial charge in [0.15, 0.2) is 8.32 Å². The van der Waals surface area contributed by atoms with Crippen LogP contribution in [0.5, 0.6) is 0 Å². The SMILES string of the molecule is CC[Si](CC)(CC)O[Si](CC)(O[Si](CC)(CC)O[Si](CC)(O[Si](CC)(CC)O[Si](CC)(CC)O[Si](CC)(CC)O[Si](CC)(O[Si](CC)(CC)c1ccccc1)c1ccccc1)c1ccccc1)c1ccccc1. The monoisotopic (exact) mass is 1150 g/mol. The van der Waals surface area contributed by atoms with Crippen LogP contribution < -0.4 is 20.7 Å². The molecule has 0 aliphatic heterocycles. The Bertz CT molecular complexity index is 2140. The van der Waals surface area contributed by atoms with E-state index in [0.29, 0.717) is 0 Å². The van der Waals surface area contributed by atoms with E-state index in [4.69, 9.17) is 32.9 Å². The average molecular weight is 1150 g/mol. The molecule has 0 aromatic heterocycles. The molecule has 0 fully saturated rings. The predicted molar refractivity (Wildman–Crippen MR) is 332 cm³/mol. The summed E-state index contributed by atoms with van der Waals surface area (Å²) in [6, 6.07) is 57.4. The largest absolute Gasteiger partial charge is 0.433 e. The number of rotatable bonds is 36. The second-order valence-corrected chi connectivity index (χ2v) is 56.3. The summed E-state index contributed by atoms with van der Waals surface area (Å²) in [7, 11) is -26.6. The van der Waals surface area contributed by atoms with Gasteiger partial charge in [0.1, 0.15) is 0 Å². The molecule has 4 aromatic carbocycles. The van der Waals surface area contributed by atoms with Crippen molar-refractivity contribution in [2.24, 2.45) is 0 Å². The number of hydrogen-bond donors (Lipinski definition) is 0. The van der Waals surface area contributed by atoms with Crippen molar-refractivity contribution in [3.8, 4) is 0 Å². The van der Waals surface area contributed by atoms with Gasteiger partial charge in [0.05, 0.1) is 0 Å². The molecule has 17 heteroatoms. The first-order valence-electron chi connectivity index (χ1n) is 28.9. The third-order valence-electron chi connectivity index (χ3n) is 16.6. The zero-order valence-electron chi connectivity index (χ0n) is 48.6. The van der Waals surface area contributed by atoms with Crippen LogP contribution in [0.1, 0.15) is 111 Å². The van der Waals surface area contributed by atoms with Gasteiger partial charge in [-0.25, -0.2) is 0 Å². The molecule has 0 N–H and O–H groups in total. The first kappa shape index (κ1) is 64.0. The highest BCUT2D eigenvalue weighted by Gasteiger charge is 2.61. The summed E-state index contributed by atoms with van der Waals surface area (Å²) >= 11 is 0. The highest BCUT2D eigenvalue weighted by atomic mass is 28.5. The maximum atomic E-state index is 8.20. The van der Waals surface area contributed by atoms with Crippen LogP contribution in [0, 0.1) is 0 Å². The molecule has 0 heterocycles. The van der Waals surface area contributed by atoms with E-state index < -0.39 is 76.6 Å². The first-order chi connectivity index (χ1) is 35.0. The Morgan fingerprint density at radius 1 is 0.219 bits per heavy atom. The molecule has 0 spiro atoms. The Morgan fingerprint density at radius 2 is 0.452 bits per heavy atom. The van der Waals surface area contributed by atoms with E-state index in [1.165, 1.54) is 15.6 Å². The minimum Gasteiger partial charge on any atom is -0.433 e. The van der Waals surface area contributed by atoms with Gasteiger partial charge in [-0.15, -0.1) is 0 Å². The van der Waals surface area contributed by atoms with Gasteiger partial charge < -0.3 is 32.9 Å². The van der Waals surface area contributed by atoms with E-state index in [2.05, 4.69) is 232 Å². The maximum absolute atomic E-state index is 8.20. The molecule has 408 valence electrons. The van der Waals surface area contributed by atoms with Gasteiger partial charge in [0, 0.05) is 0 Å². The second-order valence-electron chi connectivity index (χ2n) is 20.0. The summed E-state index contributed by atoms with van der Waals surface area (Å²) in [5.41, 5.74) is 0. The molecule has 4 aromatic rings. The van der Waals surface area contributed by atoms with Crippen LogP contribution in [0.25, 0.3) is 0 Å².